The number of aryl methyl sites for hydroxylation is 3. The summed E-state index contributed by atoms with van der Waals surface area (Å²) in [5.41, 5.74) is 2.91. The van der Waals surface area contributed by atoms with Gasteiger partial charge in [0.2, 0.25) is 5.91 Å². The molecule has 0 aromatic carbocycles. The van der Waals surface area contributed by atoms with Crippen LogP contribution in [0, 0.1) is 20.8 Å². The third kappa shape index (κ3) is 2.89. The first-order valence-electron chi connectivity index (χ1n) is 6.66. The summed E-state index contributed by atoms with van der Waals surface area (Å²) in [4.78, 5) is 21.5. The predicted molar refractivity (Wildman–Crippen MR) is 76.2 cm³/mol. The summed E-state index contributed by atoms with van der Waals surface area (Å²) >= 11 is 0. The van der Waals surface area contributed by atoms with E-state index >= 15 is 0 Å². The zero-order valence-corrected chi connectivity index (χ0v) is 12.6. The van der Waals surface area contributed by atoms with Crippen molar-refractivity contribution in [3.63, 3.8) is 0 Å². The van der Waals surface area contributed by atoms with Crippen molar-refractivity contribution in [3.05, 3.63) is 35.2 Å². The fourth-order valence-electron chi connectivity index (χ4n) is 2.31. The van der Waals surface area contributed by atoms with E-state index in [4.69, 9.17) is 0 Å². The molecule has 0 saturated carbocycles. The molecule has 0 aliphatic heterocycles. The molecule has 2 aromatic rings. The van der Waals surface area contributed by atoms with E-state index in [-0.39, 0.29) is 11.9 Å². The Labute approximate surface area is 118 Å². The van der Waals surface area contributed by atoms with Crippen molar-refractivity contribution >= 4 is 5.91 Å². The highest BCUT2D eigenvalue weighted by Gasteiger charge is 2.22. The maximum atomic E-state index is 12.4. The van der Waals surface area contributed by atoms with Gasteiger partial charge < -0.3 is 9.88 Å². The molecule has 2 aromatic heterocycles. The molecule has 2 rings (SSSR count). The molecule has 0 spiro atoms. The lowest BCUT2D eigenvalue weighted by Crippen LogP contribution is -2.33. The van der Waals surface area contributed by atoms with Gasteiger partial charge in [0.1, 0.15) is 11.9 Å². The van der Waals surface area contributed by atoms with E-state index in [2.05, 4.69) is 15.1 Å². The van der Waals surface area contributed by atoms with Crippen LogP contribution in [0.15, 0.2) is 12.3 Å². The molecule has 0 bridgehead atoms. The first-order chi connectivity index (χ1) is 9.38. The molecule has 0 aliphatic carbocycles. The largest absolute Gasteiger partial charge is 0.345 e. The van der Waals surface area contributed by atoms with E-state index in [1.807, 2.05) is 33.8 Å². The maximum Gasteiger partial charge on any atom is 0.247 e. The number of aromatic amines is 1. The molecule has 0 unspecified atom stereocenters. The van der Waals surface area contributed by atoms with Gasteiger partial charge in [-0.25, -0.2) is 4.98 Å². The van der Waals surface area contributed by atoms with Gasteiger partial charge in [-0.15, -0.1) is 0 Å². The molecule has 0 fully saturated rings. The van der Waals surface area contributed by atoms with Crippen molar-refractivity contribution in [1.82, 2.24) is 24.6 Å². The Balaban J connectivity index is 2.08. The second-order valence-corrected chi connectivity index (χ2v) is 5.25. The van der Waals surface area contributed by atoms with Gasteiger partial charge in [-0.1, -0.05) is 0 Å². The molecule has 0 aliphatic rings. The summed E-state index contributed by atoms with van der Waals surface area (Å²) in [5, 5.41) is 4.37. The van der Waals surface area contributed by atoms with Crippen LogP contribution < -0.4 is 0 Å². The number of hydrogen-bond donors (Lipinski definition) is 1. The number of carbonyl (C=O) groups is 1. The van der Waals surface area contributed by atoms with Crippen LogP contribution in [0.5, 0.6) is 0 Å². The molecule has 6 heteroatoms. The van der Waals surface area contributed by atoms with Gasteiger partial charge >= 0.3 is 0 Å². The lowest BCUT2D eigenvalue weighted by atomic mass is 10.3. The SMILES string of the molecule is Cc1cc(C)n([C@H](C)C(=O)N(C)Cc2ncc(C)[nH]2)n1. The van der Waals surface area contributed by atoms with Gasteiger partial charge in [-0.2, -0.15) is 5.10 Å². The standard InChI is InChI=1S/C14H21N5O/c1-9-6-11(3)19(17-9)12(4)14(20)18(5)8-13-15-7-10(2)16-13/h6-7,12H,8H2,1-5H3,(H,15,16)/t12-/m1/s1. The van der Waals surface area contributed by atoms with Gasteiger partial charge in [-0.3, -0.25) is 9.48 Å². The zero-order chi connectivity index (χ0) is 14.9. The molecule has 1 N–H and O–H groups in total. The fraction of sp³-hybridized carbons (Fsp3) is 0.500. The average molecular weight is 275 g/mol. The summed E-state index contributed by atoms with van der Waals surface area (Å²) in [6.07, 6.45) is 1.76. The highest BCUT2D eigenvalue weighted by atomic mass is 16.2. The molecule has 0 saturated heterocycles. The third-order valence-corrected chi connectivity index (χ3v) is 3.29. The van der Waals surface area contributed by atoms with Gasteiger partial charge in [0, 0.05) is 24.6 Å². The summed E-state index contributed by atoms with van der Waals surface area (Å²) in [6, 6.07) is 1.66. The minimum absolute atomic E-state index is 0.0188. The normalized spacial score (nSPS) is 12.4. The lowest BCUT2D eigenvalue weighted by Gasteiger charge is -2.21. The van der Waals surface area contributed by atoms with Gasteiger partial charge in [0.25, 0.3) is 0 Å². The van der Waals surface area contributed by atoms with E-state index in [0.717, 1.165) is 22.9 Å². The Morgan fingerprint density at radius 3 is 2.65 bits per heavy atom. The van der Waals surface area contributed by atoms with Crippen molar-refractivity contribution in [2.45, 2.75) is 40.3 Å². The number of likely N-dealkylation sites (N-methyl/N-ethyl adjacent to an activating group) is 1. The number of nitrogens with zero attached hydrogens (tertiary/aromatic N) is 4. The molecule has 1 amide bonds. The number of nitrogens with one attached hydrogen (secondary N) is 1. The molecule has 20 heavy (non-hydrogen) atoms. The summed E-state index contributed by atoms with van der Waals surface area (Å²) < 4.78 is 1.77. The van der Waals surface area contributed by atoms with Crippen LogP contribution in [-0.4, -0.2) is 37.6 Å². The quantitative estimate of drug-likeness (QED) is 0.924. The smallest absolute Gasteiger partial charge is 0.247 e. The van der Waals surface area contributed by atoms with Crippen molar-refractivity contribution < 1.29 is 4.79 Å². The monoisotopic (exact) mass is 275 g/mol. The van der Waals surface area contributed by atoms with E-state index in [0.29, 0.717) is 6.54 Å². The van der Waals surface area contributed by atoms with Crippen LogP contribution in [0.3, 0.4) is 0 Å². The predicted octanol–water partition coefficient (Wildman–Crippen LogP) is 1.75. The number of amides is 1. The van der Waals surface area contributed by atoms with Crippen molar-refractivity contribution in [2.75, 3.05) is 7.05 Å². The average Bonchev–Trinajstić information content (AvgIpc) is 2.93. The molecule has 1 atom stereocenters. The first kappa shape index (κ1) is 14.3. The zero-order valence-electron chi connectivity index (χ0n) is 12.6. The number of aromatic nitrogens is 4. The summed E-state index contributed by atoms with van der Waals surface area (Å²) in [7, 11) is 1.78. The molecule has 0 radical (unpaired) electrons. The molecule has 2 heterocycles. The van der Waals surface area contributed by atoms with Crippen molar-refractivity contribution in [2.24, 2.45) is 0 Å². The second kappa shape index (κ2) is 5.48. The minimum Gasteiger partial charge on any atom is -0.345 e. The molecule has 6 nitrogen and oxygen atoms in total. The number of imidazole rings is 1. The molecular formula is C14H21N5O. The summed E-state index contributed by atoms with van der Waals surface area (Å²) in [6.45, 7) is 8.16. The highest BCUT2D eigenvalue weighted by molar-refractivity contribution is 5.79. The molecular weight excluding hydrogens is 254 g/mol. The van der Waals surface area contributed by atoms with Crippen molar-refractivity contribution in [3.8, 4) is 0 Å². The van der Waals surface area contributed by atoms with Crippen LogP contribution in [0.2, 0.25) is 0 Å². The van der Waals surface area contributed by atoms with E-state index in [1.165, 1.54) is 0 Å². The fourth-order valence-corrected chi connectivity index (χ4v) is 2.31. The topological polar surface area (TPSA) is 66.8 Å². The minimum atomic E-state index is -0.315. The Morgan fingerprint density at radius 2 is 2.15 bits per heavy atom. The van der Waals surface area contributed by atoms with Gasteiger partial charge in [0.05, 0.1) is 12.2 Å². The van der Waals surface area contributed by atoms with Crippen LogP contribution >= 0.6 is 0 Å². The van der Waals surface area contributed by atoms with Crippen LogP contribution in [0.25, 0.3) is 0 Å². The molecule has 108 valence electrons. The second-order valence-electron chi connectivity index (χ2n) is 5.25. The van der Waals surface area contributed by atoms with Gasteiger partial charge in [0.15, 0.2) is 0 Å². The first-order valence-corrected chi connectivity index (χ1v) is 6.66. The maximum absolute atomic E-state index is 12.4. The van der Waals surface area contributed by atoms with Crippen LogP contribution in [-0.2, 0) is 11.3 Å². The highest BCUT2D eigenvalue weighted by Crippen LogP contribution is 2.14. The Morgan fingerprint density at radius 1 is 1.45 bits per heavy atom. The van der Waals surface area contributed by atoms with E-state index < -0.39 is 0 Å². The number of hydrogen-bond acceptors (Lipinski definition) is 3. The Hall–Kier alpha value is -2.11. The van der Waals surface area contributed by atoms with E-state index in [1.54, 1.807) is 22.8 Å². The number of H-pyrrole nitrogens is 1. The summed E-state index contributed by atoms with van der Waals surface area (Å²) in [5.74, 6) is 0.809. The van der Waals surface area contributed by atoms with E-state index in [9.17, 15) is 4.79 Å². The van der Waals surface area contributed by atoms with Crippen LogP contribution in [0.1, 0.15) is 35.9 Å². The van der Waals surface area contributed by atoms with Crippen LogP contribution in [0.4, 0.5) is 0 Å². The van der Waals surface area contributed by atoms with Crippen molar-refractivity contribution in [1.29, 1.82) is 0 Å². The number of carbonyl (C=O) groups excluding carboxylic acids is 1. The Bertz CT molecular complexity index is 613. The Kier molecular flexibility index (Phi) is 3.92. The lowest BCUT2D eigenvalue weighted by molar-refractivity contribution is -0.133. The van der Waals surface area contributed by atoms with Gasteiger partial charge in [-0.05, 0) is 33.8 Å². The number of rotatable bonds is 4. The third-order valence-electron chi connectivity index (χ3n) is 3.29.